The zero-order valence-corrected chi connectivity index (χ0v) is 14.6. The quantitative estimate of drug-likeness (QED) is 0.500. The summed E-state index contributed by atoms with van der Waals surface area (Å²) in [5, 5.41) is 21.0. The van der Waals surface area contributed by atoms with E-state index in [4.69, 9.17) is 28.9 Å². The van der Waals surface area contributed by atoms with Crippen LogP contribution < -0.4 is 5.73 Å². The van der Waals surface area contributed by atoms with Gasteiger partial charge in [-0.3, -0.25) is 10.1 Å². The number of benzene rings is 2. The molecular weight excluding hydrogens is 375 g/mol. The number of nitro groups is 1. The number of aromatic nitrogens is 1. The first-order valence-corrected chi connectivity index (χ1v) is 8.07. The third-order valence-electron chi connectivity index (χ3n) is 3.77. The summed E-state index contributed by atoms with van der Waals surface area (Å²) in [6.07, 6.45) is 0. The normalized spacial score (nSPS) is 10.3. The Morgan fingerprint density at radius 2 is 1.73 bits per heavy atom. The molecule has 0 spiro atoms. The molecule has 0 bridgehead atoms. The van der Waals surface area contributed by atoms with E-state index in [2.05, 4.69) is 4.98 Å². The van der Waals surface area contributed by atoms with E-state index in [0.29, 0.717) is 32.4 Å². The molecule has 0 saturated carbocycles. The number of hydrogen-bond donors (Lipinski definition) is 1. The predicted octanol–water partition coefficient (Wildman–Crippen LogP) is 5.08. The van der Waals surface area contributed by atoms with Crippen LogP contribution in [-0.4, -0.2) is 9.91 Å². The average Bonchev–Trinajstić information content (AvgIpc) is 2.61. The van der Waals surface area contributed by atoms with Gasteiger partial charge in [-0.2, -0.15) is 5.26 Å². The number of pyridine rings is 1. The van der Waals surface area contributed by atoms with E-state index in [1.54, 1.807) is 36.4 Å². The first kappa shape index (κ1) is 17.7. The molecule has 0 saturated heterocycles. The molecular formula is C18H10Cl2N4O2. The molecule has 1 heterocycles. The third kappa shape index (κ3) is 3.18. The largest absolute Gasteiger partial charge is 0.383 e. The van der Waals surface area contributed by atoms with E-state index in [9.17, 15) is 15.4 Å². The van der Waals surface area contributed by atoms with E-state index >= 15 is 0 Å². The second-order valence-corrected chi connectivity index (χ2v) is 6.14. The van der Waals surface area contributed by atoms with E-state index in [1.807, 2.05) is 6.07 Å². The highest BCUT2D eigenvalue weighted by molar-refractivity contribution is 6.39. The van der Waals surface area contributed by atoms with Crippen molar-refractivity contribution in [2.45, 2.75) is 0 Å². The van der Waals surface area contributed by atoms with E-state index in [-0.39, 0.29) is 17.1 Å². The molecule has 0 fully saturated rings. The van der Waals surface area contributed by atoms with Crippen LogP contribution in [0.3, 0.4) is 0 Å². The number of nitro benzene ring substituents is 1. The van der Waals surface area contributed by atoms with Crippen molar-refractivity contribution < 1.29 is 4.92 Å². The lowest BCUT2D eigenvalue weighted by Crippen LogP contribution is -2.00. The number of nitrogens with two attached hydrogens (primary N) is 1. The molecule has 2 N–H and O–H groups in total. The van der Waals surface area contributed by atoms with Crippen LogP contribution >= 0.6 is 23.2 Å². The van der Waals surface area contributed by atoms with Crippen molar-refractivity contribution in [1.82, 2.24) is 4.98 Å². The van der Waals surface area contributed by atoms with Crippen molar-refractivity contribution in [1.29, 1.82) is 5.26 Å². The van der Waals surface area contributed by atoms with E-state index < -0.39 is 4.92 Å². The van der Waals surface area contributed by atoms with Crippen molar-refractivity contribution >= 4 is 34.7 Å². The summed E-state index contributed by atoms with van der Waals surface area (Å²) >= 11 is 12.5. The maximum Gasteiger partial charge on any atom is 0.269 e. The number of nitrogen functional groups attached to an aromatic ring is 1. The smallest absolute Gasteiger partial charge is 0.269 e. The molecule has 0 aliphatic carbocycles. The van der Waals surface area contributed by atoms with Gasteiger partial charge in [0.05, 0.1) is 10.6 Å². The van der Waals surface area contributed by atoms with Gasteiger partial charge in [-0.15, -0.1) is 0 Å². The molecule has 0 unspecified atom stereocenters. The van der Waals surface area contributed by atoms with Gasteiger partial charge in [-0.1, -0.05) is 29.3 Å². The van der Waals surface area contributed by atoms with E-state index in [0.717, 1.165) is 0 Å². The van der Waals surface area contributed by atoms with Gasteiger partial charge in [0.2, 0.25) is 0 Å². The molecule has 0 aliphatic rings. The highest BCUT2D eigenvalue weighted by atomic mass is 35.5. The van der Waals surface area contributed by atoms with Crippen LogP contribution in [0.15, 0.2) is 48.5 Å². The van der Waals surface area contributed by atoms with Gasteiger partial charge in [-0.25, -0.2) is 4.98 Å². The zero-order valence-electron chi connectivity index (χ0n) is 13.1. The number of anilines is 1. The number of rotatable bonds is 3. The van der Waals surface area contributed by atoms with Crippen LogP contribution in [0, 0.1) is 21.4 Å². The maximum absolute atomic E-state index is 10.8. The lowest BCUT2D eigenvalue weighted by molar-refractivity contribution is -0.384. The molecule has 128 valence electrons. The Kier molecular flexibility index (Phi) is 4.76. The van der Waals surface area contributed by atoms with Crippen molar-refractivity contribution in [2.75, 3.05) is 5.73 Å². The van der Waals surface area contributed by atoms with Crippen LogP contribution in [0.5, 0.6) is 0 Å². The fraction of sp³-hybridized carbons (Fsp3) is 0. The first-order chi connectivity index (χ1) is 12.4. The molecule has 0 radical (unpaired) electrons. The number of nitriles is 1. The molecule has 0 amide bonds. The van der Waals surface area contributed by atoms with Gasteiger partial charge in [0.1, 0.15) is 17.5 Å². The maximum atomic E-state index is 10.8. The summed E-state index contributed by atoms with van der Waals surface area (Å²) in [5.74, 6) is 0.0225. The number of hydrogen-bond acceptors (Lipinski definition) is 5. The van der Waals surface area contributed by atoms with Gasteiger partial charge in [0.25, 0.3) is 5.69 Å². The summed E-state index contributed by atoms with van der Waals surface area (Å²) in [7, 11) is 0. The third-order valence-corrected chi connectivity index (χ3v) is 4.40. The topological polar surface area (TPSA) is 106 Å². The second kappa shape index (κ2) is 7.00. The Labute approximate surface area is 158 Å². The summed E-state index contributed by atoms with van der Waals surface area (Å²) in [6.45, 7) is 0. The van der Waals surface area contributed by atoms with Gasteiger partial charge < -0.3 is 5.73 Å². The SMILES string of the molecule is N#Cc1c(-c2c(Cl)cccc2Cl)cc(-c2ccc([N+](=O)[O-])cc2)nc1N. The van der Waals surface area contributed by atoms with Gasteiger partial charge >= 0.3 is 0 Å². The molecule has 8 heteroatoms. The molecule has 3 aromatic rings. The molecule has 0 atom stereocenters. The van der Waals surface area contributed by atoms with Crippen LogP contribution in [0.1, 0.15) is 5.56 Å². The minimum Gasteiger partial charge on any atom is -0.383 e. The molecule has 2 aromatic carbocycles. The number of halogens is 2. The van der Waals surface area contributed by atoms with Crippen LogP contribution in [0.4, 0.5) is 11.5 Å². The Bertz CT molecular complexity index is 1040. The fourth-order valence-corrected chi connectivity index (χ4v) is 3.14. The Morgan fingerprint density at radius 3 is 2.27 bits per heavy atom. The molecule has 1 aromatic heterocycles. The summed E-state index contributed by atoms with van der Waals surface area (Å²) in [5.41, 5.74) is 8.06. The minimum atomic E-state index is -0.487. The zero-order chi connectivity index (χ0) is 18.8. The Morgan fingerprint density at radius 1 is 1.12 bits per heavy atom. The Hall–Kier alpha value is -3.14. The minimum absolute atomic E-state index is 0.0225. The highest BCUT2D eigenvalue weighted by Crippen LogP contribution is 2.39. The van der Waals surface area contributed by atoms with Gasteiger partial charge in [-0.05, 0) is 30.3 Å². The van der Waals surface area contributed by atoms with Gasteiger partial charge in [0, 0.05) is 38.9 Å². The van der Waals surface area contributed by atoms with E-state index in [1.165, 1.54) is 12.1 Å². The lowest BCUT2D eigenvalue weighted by atomic mass is 9.98. The first-order valence-electron chi connectivity index (χ1n) is 7.32. The fourth-order valence-electron chi connectivity index (χ4n) is 2.54. The Balaban J connectivity index is 2.23. The van der Waals surface area contributed by atoms with Crippen molar-refractivity contribution in [3.8, 4) is 28.5 Å². The van der Waals surface area contributed by atoms with Crippen molar-refractivity contribution in [3.63, 3.8) is 0 Å². The standard InChI is InChI=1S/C18H10Cl2N4O2/c19-14-2-1-3-15(20)17(14)12-8-16(23-18(22)13(12)9-21)10-4-6-11(7-5-10)24(25)26/h1-8H,(H2,22,23). The lowest BCUT2D eigenvalue weighted by Gasteiger charge is -2.12. The highest BCUT2D eigenvalue weighted by Gasteiger charge is 2.18. The number of non-ortho nitro benzene ring substituents is 1. The monoisotopic (exact) mass is 384 g/mol. The van der Waals surface area contributed by atoms with Crippen LogP contribution in [-0.2, 0) is 0 Å². The van der Waals surface area contributed by atoms with Crippen molar-refractivity contribution in [2.24, 2.45) is 0 Å². The average molecular weight is 385 g/mol. The number of nitrogens with zero attached hydrogens (tertiary/aromatic N) is 3. The summed E-state index contributed by atoms with van der Waals surface area (Å²) < 4.78 is 0. The second-order valence-electron chi connectivity index (χ2n) is 5.33. The molecule has 0 aliphatic heterocycles. The summed E-state index contributed by atoms with van der Waals surface area (Å²) in [4.78, 5) is 14.6. The van der Waals surface area contributed by atoms with Crippen molar-refractivity contribution in [3.05, 3.63) is 74.3 Å². The molecule has 6 nitrogen and oxygen atoms in total. The van der Waals surface area contributed by atoms with Crippen LogP contribution in [0.25, 0.3) is 22.4 Å². The van der Waals surface area contributed by atoms with Crippen LogP contribution in [0.2, 0.25) is 10.0 Å². The van der Waals surface area contributed by atoms with Gasteiger partial charge in [0.15, 0.2) is 0 Å². The molecule has 3 rings (SSSR count). The summed E-state index contributed by atoms with van der Waals surface area (Å²) in [6, 6.07) is 14.5. The predicted molar refractivity (Wildman–Crippen MR) is 101 cm³/mol. The molecule has 26 heavy (non-hydrogen) atoms.